The number of aromatic nitrogens is 2. The van der Waals surface area contributed by atoms with Crippen LogP contribution in [0.5, 0.6) is 5.75 Å². The summed E-state index contributed by atoms with van der Waals surface area (Å²) in [5.74, 6) is -0.471. The van der Waals surface area contributed by atoms with Crippen LogP contribution in [0.2, 0.25) is 0 Å². The zero-order valence-corrected chi connectivity index (χ0v) is 16.6. The number of carbonyl (C=O) groups is 1. The van der Waals surface area contributed by atoms with Gasteiger partial charge in [0.1, 0.15) is 5.75 Å². The molecular formula is C18H15F3N4O2S2. The lowest BCUT2D eigenvalue weighted by Crippen LogP contribution is -2.22. The molecule has 1 amide bonds. The Bertz CT molecular complexity index is 950. The smallest absolute Gasteiger partial charge is 0.406 e. The van der Waals surface area contributed by atoms with Crippen LogP contribution < -0.4 is 15.4 Å². The van der Waals surface area contributed by atoms with Crippen LogP contribution in [0.1, 0.15) is 6.92 Å². The van der Waals surface area contributed by atoms with Crippen molar-refractivity contribution in [3.8, 4) is 5.75 Å². The van der Waals surface area contributed by atoms with Gasteiger partial charge in [-0.15, -0.1) is 23.4 Å². The van der Waals surface area contributed by atoms with Crippen molar-refractivity contribution in [3.63, 3.8) is 0 Å². The van der Waals surface area contributed by atoms with Crippen molar-refractivity contribution >= 4 is 45.5 Å². The number of hydrogen-bond acceptors (Lipinski definition) is 7. The number of nitrogens with zero attached hydrogens (tertiary/aromatic N) is 2. The molecule has 29 heavy (non-hydrogen) atoms. The van der Waals surface area contributed by atoms with E-state index < -0.39 is 11.6 Å². The number of hydrogen-bond donors (Lipinski definition) is 2. The van der Waals surface area contributed by atoms with Crippen LogP contribution in [-0.2, 0) is 4.79 Å². The first kappa shape index (κ1) is 20.9. The van der Waals surface area contributed by atoms with E-state index in [4.69, 9.17) is 0 Å². The van der Waals surface area contributed by atoms with Crippen molar-refractivity contribution in [1.29, 1.82) is 0 Å². The van der Waals surface area contributed by atoms with Crippen LogP contribution in [-0.4, -0.2) is 27.7 Å². The van der Waals surface area contributed by atoms with Gasteiger partial charge >= 0.3 is 6.36 Å². The number of para-hydroxylation sites is 1. The molecule has 0 fully saturated rings. The number of benzene rings is 2. The number of thioether (sulfide) groups is 1. The molecule has 1 aromatic heterocycles. The Morgan fingerprint density at radius 3 is 2.41 bits per heavy atom. The fourth-order valence-electron chi connectivity index (χ4n) is 2.14. The van der Waals surface area contributed by atoms with E-state index in [2.05, 4.69) is 25.6 Å². The molecular weight excluding hydrogens is 425 g/mol. The predicted molar refractivity (Wildman–Crippen MR) is 107 cm³/mol. The number of carbonyl (C=O) groups excluding carboxylic acids is 1. The molecule has 0 aliphatic rings. The van der Waals surface area contributed by atoms with Crippen LogP contribution in [0.15, 0.2) is 58.9 Å². The van der Waals surface area contributed by atoms with Crippen LogP contribution in [0.4, 0.5) is 29.7 Å². The van der Waals surface area contributed by atoms with Crippen LogP contribution >= 0.6 is 23.1 Å². The summed E-state index contributed by atoms with van der Waals surface area (Å²) in [7, 11) is 0. The molecule has 6 nitrogen and oxygen atoms in total. The fraction of sp³-hybridized carbons (Fsp3) is 0.167. The Morgan fingerprint density at radius 2 is 1.76 bits per heavy atom. The van der Waals surface area contributed by atoms with Gasteiger partial charge in [0.2, 0.25) is 11.0 Å². The van der Waals surface area contributed by atoms with Gasteiger partial charge < -0.3 is 15.4 Å². The SMILES string of the molecule is CC(Sc1nnc(Nc2ccc(OC(F)(F)F)cc2)s1)C(=O)Nc1ccccc1. The molecule has 0 aliphatic heterocycles. The number of alkyl halides is 3. The van der Waals surface area contributed by atoms with Crippen LogP contribution in [0.3, 0.4) is 0 Å². The largest absolute Gasteiger partial charge is 0.573 e. The highest BCUT2D eigenvalue weighted by molar-refractivity contribution is 8.02. The summed E-state index contributed by atoms with van der Waals surface area (Å²) in [5.41, 5.74) is 1.24. The lowest BCUT2D eigenvalue weighted by molar-refractivity contribution is -0.274. The number of ether oxygens (including phenoxy) is 1. The maximum Gasteiger partial charge on any atom is 0.573 e. The summed E-state index contributed by atoms with van der Waals surface area (Å²) < 4.78 is 41.0. The number of anilines is 3. The van der Waals surface area contributed by atoms with E-state index in [1.807, 2.05) is 18.2 Å². The van der Waals surface area contributed by atoms with Crippen molar-refractivity contribution in [2.75, 3.05) is 10.6 Å². The van der Waals surface area contributed by atoms with Crippen molar-refractivity contribution in [1.82, 2.24) is 10.2 Å². The molecule has 3 rings (SSSR count). The van der Waals surface area contributed by atoms with E-state index in [9.17, 15) is 18.0 Å². The summed E-state index contributed by atoms with van der Waals surface area (Å²) in [6, 6.07) is 14.4. The number of nitrogens with one attached hydrogen (secondary N) is 2. The highest BCUT2D eigenvalue weighted by Crippen LogP contribution is 2.31. The van der Waals surface area contributed by atoms with E-state index >= 15 is 0 Å². The summed E-state index contributed by atoms with van der Waals surface area (Å²) in [6.07, 6.45) is -4.73. The first-order valence-corrected chi connectivity index (χ1v) is 9.97. The van der Waals surface area contributed by atoms with Gasteiger partial charge in [-0.25, -0.2) is 0 Å². The Balaban J connectivity index is 1.54. The Kier molecular flexibility index (Phi) is 6.60. The zero-order chi connectivity index (χ0) is 20.9. The standard InChI is InChI=1S/C18H15F3N4O2S2/c1-11(15(26)22-12-5-3-2-4-6-12)28-17-25-24-16(29-17)23-13-7-9-14(10-8-13)27-18(19,20)21/h2-11H,1H3,(H,22,26)(H,23,24). The van der Waals surface area contributed by atoms with Gasteiger partial charge in [0, 0.05) is 11.4 Å². The molecule has 1 unspecified atom stereocenters. The molecule has 1 atom stereocenters. The third-order valence-corrected chi connectivity index (χ3v) is 5.46. The first-order valence-electron chi connectivity index (χ1n) is 8.27. The topological polar surface area (TPSA) is 76.1 Å². The summed E-state index contributed by atoms with van der Waals surface area (Å²) in [5, 5.41) is 13.8. The Hall–Kier alpha value is -2.79. The second-order valence-electron chi connectivity index (χ2n) is 5.69. The molecule has 2 aromatic carbocycles. The van der Waals surface area contributed by atoms with E-state index in [-0.39, 0.29) is 11.7 Å². The Morgan fingerprint density at radius 1 is 1.07 bits per heavy atom. The highest BCUT2D eigenvalue weighted by atomic mass is 32.2. The van der Waals surface area contributed by atoms with Gasteiger partial charge in [-0.1, -0.05) is 41.3 Å². The molecule has 3 aromatic rings. The van der Waals surface area contributed by atoms with Gasteiger partial charge in [-0.3, -0.25) is 4.79 Å². The molecule has 0 saturated heterocycles. The predicted octanol–water partition coefficient (Wildman–Crippen LogP) is 5.30. The molecule has 11 heteroatoms. The summed E-state index contributed by atoms with van der Waals surface area (Å²) in [4.78, 5) is 12.3. The number of rotatable bonds is 7. The van der Waals surface area contributed by atoms with Gasteiger partial charge in [-0.2, -0.15) is 0 Å². The van der Waals surface area contributed by atoms with Crippen molar-refractivity contribution in [3.05, 3.63) is 54.6 Å². The molecule has 152 valence electrons. The lowest BCUT2D eigenvalue weighted by atomic mass is 10.3. The molecule has 2 N–H and O–H groups in total. The second-order valence-corrected chi connectivity index (χ2v) is 8.25. The third-order valence-electron chi connectivity index (χ3n) is 3.43. The maximum atomic E-state index is 12.3. The molecule has 0 bridgehead atoms. The minimum absolute atomic E-state index is 0.161. The van der Waals surface area contributed by atoms with Gasteiger partial charge in [-0.05, 0) is 43.3 Å². The zero-order valence-electron chi connectivity index (χ0n) is 14.9. The van der Waals surface area contributed by atoms with Crippen LogP contribution in [0.25, 0.3) is 0 Å². The minimum atomic E-state index is -4.73. The van der Waals surface area contributed by atoms with Crippen molar-refractivity contribution in [2.45, 2.75) is 22.9 Å². The highest BCUT2D eigenvalue weighted by Gasteiger charge is 2.31. The number of amides is 1. The second kappa shape index (κ2) is 9.14. The minimum Gasteiger partial charge on any atom is -0.406 e. The van der Waals surface area contributed by atoms with Crippen LogP contribution in [0, 0.1) is 0 Å². The van der Waals surface area contributed by atoms with Gasteiger partial charge in [0.05, 0.1) is 5.25 Å². The normalized spacial score (nSPS) is 12.3. The Labute approximate surface area is 172 Å². The molecule has 1 heterocycles. The maximum absolute atomic E-state index is 12.3. The molecule has 0 aliphatic carbocycles. The summed E-state index contributed by atoms with van der Waals surface area (Å²) >= 11 is 2.49. The van der Waals surface area contributed by atoms with Gasteiger partial charge in [0.15, 0.2) is 4.34 Å². The number of halogens is 3. The monoisotopic (exact) mass is 440 g/mol. The van der Waals surface area contributed by atoms with E-state index in [0.29, 0.717) is 20.8 Å². The van der Waals surface area contributed by atoms with Crippen molar-refractivity contribution in [2.24, 2.45) is 0 Å². The van der Waals surface area contributed by atoms with E-state index in [0.717, 1.165) is 0 Å². The third kappa shape index (κ3) is 6.64. The summed E-state index contributed by atoms with van der Waals surface area (Å²) in [6.45, 7) is 1.76. The lowest BCUT2D eigenvalue weighted by Gasteiger charge is -2.10. The molecule has 0 radical (unpaired) electrons. The van der Waals surface area contributed by atoms with E-state index in [1.165, 1.54) is 47.4 Å². The molecule has 0 spiro atoms. The quantitative estimate of drug-likeness (QED) is 0.486. The fourth-order valence-corrected chi connectivity index (χ4v) is 4.06. The average Bonchev–Trinajstić information content (AvgIpc) is 3.10. The van der Waals surface area contributed by atoms with Gasteiger partial charge in [0.25, 0.3) is 0 Å². The first-order chi connectivity index (χ1) is 13.8. The van der Waals surface area contributed by atoms with Crippen molar-refractivity contribution < 1.29 is 22.7 Å². The molecule has 0 saturated carbocycles. The van der Waals surface area contributed by atoms with E-state index in [1.54, 1.807) is 19.1 Å². The average molecular weight is 440 g/mol.